The van der Waals surface area contributed by atoms with E-state index in [1.807, 2.05) is 50.4 Å². The standard InChI is InChI=1S/C26H30N2O3S/c1-18(2)28-15-14-21-12-13-24(27-32(3,30)31)23(25(21)26(28)29)17-19-8-7-11-22(16-19)20-9-5-4-6-10-20/h4-11,14-16,18,23-24,27H,12-13,17H2,1-3H3. The fourth-order valence-corrected chi connectivity index (χ4v) is 5.59. The van der Waals surface area contributed by atoms with Crippen molar-refractivity contribution >= 4 is 10.0 Å². The third-order valence-electron chi connectivity index (χ3n) is 6.24. The quantitative estimate of drug-likeness (QED) is 0.609. The number of nitrogens with zero attached hydrogens (tertiary/aromatic N) is 1. The van der Waals surface area contributed by atoms with Gasteiger partial charge in [-0.25, -0.2) is 13.1 Å². The van der Waals surface area contributed by atoms with Crippen LogP contribution < -0.4 is 10.3 Å². The van der Waals surface area contributed by atoms with Crippen LogP contribution >= 0.6 is 0 Å². The van der Waals surface area contributed by atoms with Crippen LogP contribution in [0.5, 0.6) is 0 Å². The summed E-state index contributed by atoms with van der Waals surface area (Å²) in [6, 6.07) is 20.2. The fourth-order valence-electron chi connectivity index (χ4n) is 4.76. The van der Waals surface area contributed by atoms with Crippen molar-refractivity contribution < 1.29 is 8.42 Å². The average Bonchev–Trinajstić information content (AvgIpc) is 2.75. The number of pyridine rings is 1. The first kappa shape index (κ1) is 22.5. The second kappa shape index (κ2) is 9.04. The lowest BCUT2D eigenvalue weighted by Crippen LogP contribution is -2.45. The Bertz CT molecular complexity index is 1260. The highest BCUT2D eigenvalue weighted by atomic mass is 32.2. The molecule has 1 aliphatic rings. The van der Waals surface area contributed by atoms with E-state index >= 15 is 0 Å². The van der Waals surface area contributed by atoms with Crippen molar-refractivity contribution in [2.45, 2.75) is 51.1 Å². The SMILES string of the molecule is CC(C)n1ccc2c(c1=O)C(Cc1cccc(-c3ccccc3)c1)C(NS(C)(=O)=O)CC2. The minimum Gasteiger partial charge on any atom is -0.313 e. The number of sulfonamides is 1. The number of fused-ring (bicyclic) bond motifs is 1. The summed E-state index contributed by atoms with van der Waals surface area (Å²) in [5.74, 6) is -0.224. The highest BCUT2D eigenvalue weighted by Crippen LogP contribution is 2.34. The number of aryl methyl sites for hydroxylation is 1. The van der Waals surface area contributed by atoms with Crippen molar-refractivity contribution in [1.29, 1.82) is 0 Å². The van der Waals surface area contributed by atoms with Gasteiger partial charge >= 0.3 is 0 Å². The van der Waals surface area contributed by atoms with Crippen molar-refractivity contribution in [1.82, 2.24) is 9.29 Å². The molecule has 32 heavy (non-hydrogen) atoms. The Balaban J connectivity index is 1.78. The lowest BCUT2D eigenvalue weighted by Gasteiger charge is -2.34. The largest absolute Gasteiger partial charge is 0.313 e. The van der Waals surface area contributed by atoms with E-state index in [0.29, 0.717) is 19.3 Å². The van der Waals surface area contributed by atoms with Crippen LogP contribution in [-0.4, -0.2) is 25.3 Å². The molecule has 5 nitrogen and oxygen atoms in total. The Kier molecular flexibility index (Phi) is 6.35. The molecule has 0 aliphatic heterocycles. The molecule has 1 aromatic heterocycles. The van der Waals surface area contributed by atoms with Crippen molar-refractivity contribution in [2.24, 2.45) is 0 Å². The monoisotopic (exact) mass is 450 g/mol. The lowest BCUT2D eigenvalue weighted by atomic mass is 9.77. The fraction of sp³-hybridized carbons (Fsp3) is 0.346. The Hall–Kier alpha value is -2.70. The van der Waals surface area contributed by atoms with E-state index in [9.17, 15) is 13.2 Å². The van der Waals surface area contributed by atoms with Gasteiger partial charge in [0.25, 0.3) is 5.56 Å². The molecule has 2 atom stereocenters. The first-order valence-electron chi connectivity index (χ1n) is 11.1. The number of aromatic nitrogens is 1. The zero-order valence-electron chi connectivity index (χ0n) is 18.8. The van der Waals surface area contributed by atoms with Crippen molar-refractivity contribution in [2.75, 3.05) is 6.26 Å². The number of rotatable bonds is 6. The number of hydrogen-bond acceptors (Lipinski definition) is 3. The van der Waals surface area contributed by atoms with Crippen LogP contribution in [0, 0.1) is 0 Å². The topological polar surface area (TPSA) is 68.2 Å². The minimum absolute atomic E-state index is 0.0123. The van der Waals surface area contributed by atoms with Crippen molar-refractivity contribution in [3.8, 4) is 11.1 Å². The molecule has 1 heterocycles. The average molecular weight is 451 g/mol. The minimum atomic E-state index is -3.40. The van der Waals surface area contributed by atoms with E-state index < -0.39 is 10.0 Å². The molecule has 0 saturated carbocycles. The van der Waals surface area contributed by atoms with Crippen LogP contribution in [0.4, 0.5) is 0 Å². The van der Waals surface area contributed by atoms with Crippen molar-refractivity contribution in [3.63, 3.8) is 0 Å². The molecule has 0 radical (unpaired) electrons. The summed E-state index contributed by atoms with van der Waals surface area (Å²) in [4.78, 5) is 13.4. The number of nitrogens with one attached hydrogen (secondary N) is 1. The third-order valence-corrected chi connectivity index (χ3v) is 6.97. The molecule has 0 fully saturated rings. The van der Waals surface area contributed by atoms with Crippen molar-refractivity contribution in [3.05, 3.63) is 93.9 Å². The van der Waals surface area contributed by atoms with Gasteiger partial charge in [0.1, 0.15) is 0 Å². The Morgan fingerprint density at radius 2 is 1.75 bits per heavy atom. The smallest absolute Gasteiger partial charge is 0.254 e. The van der Waals surface area contributed by atoms with Crippen LogP contribution in [0.25, 0.3) is 11.1 Å². The normalized spacial score (nSPS) is 18.5. The molecule has 6 heteroatoms. The van der Waals surface area contributed by atoms with Gasteiger partial charge in [-0.2, -0.15) is 0 Å². The summed E-state index contributed by atoms with van der Waals surface area (Å²) >= 11 is 0. The molecule has 1 aliphatic carbocycles. The van der Waals surface area contributed by atoms with E-state index in [1.54, 1.807) is 4.57 Å². The maximum absolute atomic E-state index is 13.4. The van der Waals surface area contributed by atoms with E-state index in [-0.39, 0.29) is 23.6 Å². The Labute approximate surface area is 190 Å². The van der Waals surface area contributed by atoms with Crippen LogP contribution in [0.15, 0.2) is 71.7 Å². The molecule has 0 amide bonds. The predicted octanol–water partition coefficient (Wildman–Crippen LogP) is 4.29. The summed E-state index contributed by atoms with van der Waals surface area (Å²) in [5, 5.41) is 0. The van der Waals surface area contributed by atoms with Gasteiger partial charge in [0.05, 0.1) is 6.26 Å². The molecule has 2 aromatic carbocycles. The molecule has 0 saturated heterocycles. The molecule has 4 rings (SSSR count). The van der Waals surface area contributed by atoms with Gasteiger partial charge in [-0.3, -0.25) is 4.79 Å². The number of benzene rings is 2. The second-order valence-electron chi connectivity index (χ2n) is 8.97. The van der Waals surface area contributed by atoms with E-state index in [1.165, 1.54) is 6.26 Å². The molecule has 0 spiro atoms. The summed E-state index contributed by atoms with van der Waals surface area (Å²) in [6.45, 7) is 3.97. The Morgan fingerprint density at radius 1 is 1.03 bits per heavy atom. The van der Waals surface area contributed by atoms with Gasteiger partial charge in [0.15, 0.2) is 0 Å². The lowest BCUT2D eigenvalue weighted by molar-refractivity contribution is 0.420. The third kappa shape index (κ3) is 4.87. The van der Waals surface area contributed by atoms with Crippen LogP contribution in [0.3, 0.4) is 0 Å². The molecule has 168 valence electrons. The first-order valence-corrected chi connectivity index (χ1v) is 13.0. The van der Waals surface area contributed by atoms with Crippen LogP contribution in [0.1, 0.15) is 48.9 Å². The molecule has 1 N–H and O–H groups in total. The van der Waals surface area contributed by atoms with Gasteiger partial charge < -0.3 is 4.57 Å². The molecular weight excluding hydrogens is 420 g/mol. The molecule has 3 aromatic rings. The highest BCUT2D eigenvalue weighted by Gasteiger charge is 2.34. The zero-order chi connectivity index (χ0) is 22.9. The zero-order valence-corrected chi connectivity index (χ0v) is 19.6. The molecular formula is C26H30N2O3S. The molecule has 2 unspecified atom stereocenters. The summed E-state index contributed by atoms with van der Waals surface area (Å²) in [6.07, 6.45) is 5.01. The van der Waals surface area contributed by atoms with E-state index in [4.69, 9.17) is 0 Å². The maximum atomic E-state index is 13.4. The number of hydrogen-bond donors (Lipinski definition) is 1. The Morgan fingerprint density at radius 3 is 2.44 bits per heavy atom. The molecule has 0 bridgehead atoms. The summed E-state index contributed by atoms with van der Waals surface area (Å²) in [5.41, 5.74) is 5.10. The predicted molar refractivity (Wildman–Crippen MR) is 129 cm³/mol. The van der Waals surface area contributed by atoms with Gasteiger partial charge in [-0.05, 0) is 61.4 Å². The van der Waals surface area contributed by atoms with Gasteiger partial charge in [-0.1, -0.05) is 54.6 Å². The van der Waals surface area contributed by atoms with Gasteiger partial charge in [0, 0.05) is 29.8 Å². The van der Waals surface area contributed by atoms with Crippen LogP contribution in [-0.2, 0) is 22.9 Å². The van der Waals surface area contributed by atoms with Gasteiger partial charge in [0.2, 0.25) is 10.0 Å². The highest BCUT2D eigenvalue weighted by molar-refractivity contribution is 7.88. The maximum Gasteiger partial charge on any atom is 0.254 e. The second-order valence-corrected chi connectivity index (χ2v) is 10.8. The van der Waals surface area contributed by atoms with E-state index in [2.05, 4.69) is 35.1 Å². The van der Waals surface area contributed by atoms with E-state index in [0.717, 1.165) is 27.8 Å². The first-order chi connectivity index (χ1) is 15.2. The summed E-state index contributed by atoms with van der Waals surface area (Å²) in [7, 11) is -3.40. The van der Waals surface area contributed by atoms with Crippen LogP contribution in [0.2, 0.25) is 0 Å². The van der Waals surface area contributed by atoms with Gasteiger partial charge in [-0.15, -0.1) is 0 Å². The summed E-state index contributed by atoms with van der Waals surface area (Å²) < 4.78 is 28.8.